The predicted molar refractivity (Wildman–Crippen MR) is 80.1 cm³/mol. The lowest BCUT2D eigenvalue weighted by Gasteiger charge is -2.26. The number of benzene rings is 1. The van der Waals surface area contributed by atoms with Crippen molar-refractivity contribution in [2.75, 3.05) is 14.2 Å². The summed E-state index contributed by atoms with van der Waals surface area (Å²) < 4.78 is 23.1. The number of carbonyl (C=O) groups is 2. The third-order valence-electron chi connectivity index (χ3n) is 3.62. The summed E-state index contributed by atoms with van der Waals surface area (Å²) in [6, 6.07) is 4.56. The Labute approximate surface area is 129 Å². The highest BCUT2D eigenvalue weighted by atomic mass is 19.1. The van der Waals surface area contributed by atoms with Crippen molar-refractivity contribution in [3.63, 3.8) is 0 Å². The lowest BCUT2D eigenvalue weighted by molar-refractivity contribution is -0.150. The summed E-state index contributed by atoms with van der Waals surface area (Å²) in [5, 5.41) is 2.67. The second-order valence-corrected chi connectivity index (χ2v) is 5.19. The quantitative estimate of drug-likeness (QED) is 0.784. The van der Waals surface area contributed by atoms with E-state index in [1.165, 1.54) is 26.4 Å². The molecule has 0 radical (unpaired) electrons. The first-order chi connectivity index (χ1) is 10.4. The van der Waals surface area contributed by atoms with Gasteiger partial charge in [-0.15, -0.1) is 0 Å². The van der Waals surface area contributed by atoms with Crippen LogP contribution in [-0.2, 0) is 20.7 Å². The lowest BCUT2D eigenvalue weighted by atomic mass is 9.98. The van der Waals surface area contributed by atoms with E-state index in [4.69, 9.17) is 9.47 Å². The minimum Gasteiger partial charge on any atom is -0.494 e. The second-order valence-electron chi connectivity index (χ2n) is 5.19. The number of carbonyl (C=O) groups excluding carboxylic acids is 2. The number of hydrogen-bond donors (Lipinski definition) is 1. The Hall–Kier alpha value is -2.11. The van der Waals surface area contributed by atoms with Crippen LogP contribution < -0.4 is 10.1 Å². The first-order valence-electron chi connectivity index (χ1n) is 7.08. The first-order valence-corrected chi connectivity index (χ1v) is 7.08. The van der Waals surface area contributed by atoms with E-state index in [1.54, 1.807) is 19.9 Å². The Morgan fingerprint density at radius 3 is 2.50 bits per heavy atom. The van der Waals surface area contributed by atoms with Crippen molar-refractivity contribution in [2.45, 2.75) is 38.6 Å². The summed E-state index contributed by atoms with van der Waals surface area (Å²) in [5.41, 5.74) is -0.360. The van der Waals surface area contributed by atoms with Crippen molar-refractivity contribution in [1.82, 2.24) is 5.32 Å². The summed E-state index contributed by atoms with van der Waals surface area (Å²) in [5.74, 6) is -1.07. The molecule has 1 rings (SSSR count). The minimum absolute atomic E-state index is 0.151. The van der Waals surface area contributed by atoms with Crippen LogP contribution in [0, 0.1) is 5.82 Å². The molecule has 1 unspecified atom stereocenters. The zero-order valence-corrected chi connectivity index (χ0v) is 13.4. The number of hydrogen-bond acceptors (Lipinski definition) is 4. The van der Waals surface area contributed by atoms with Gasteiger partial charge >= 0.3 is 5.97 Å². The molecule has 0 aliphatic rings. The van der Waals surface area contributed by atoms with E-state index in [1.807, 2.05) is 0 Å². The molecule has 122 valence electrons. The molecule has 1 aromatic rings. The van der Waals surface area contributed by atoms with Crippen molar-refractivity contribution in [1.29, 1.82) is 0 Å². The molecule has 6 heteroatoms. The van der Waals surface area contributed by atoms with Crippen LogP contribution in [0.1, 0.15) is 32.3 Å². The molecule has 1 atom stereocenters. The van der Waals surface area contributed by atoms with Crippen LogP contribution in [0.5, 0.6) is 5.75 Å². The molecule has 5 nitrogen and oxygen atoms in total. The molecule has 0 fully saturated rings. The largest absolute Gasteiger partial charge is 0.494 e. The molecule has 0 saturated carbocycles. The van der Waals surface area contributed by atoms with Crippen LogP contribution in [0.4, 0.5) is 4.39 Å². The first kappa shape index (κ1) is 17.9. The van der Waals surface area contributed by atoms with Gasteiger partial charge in [0.1, 0.15) is 5.54 Å². The predicted octanol–water partition coefficient (Wildman–Crippen LogP) is 2.22. The Morgan fingerprint density at radius 1 is 1.32 bits per heavy atom. The van der Waals surface area contributed by atoms with Gasteiger partial charge in [0.2, 0.25) is 5.91 Å². The van der Waals surface area contributed by atoms with Gasteiger partial charge in [-0.25, -0.2) is 9.18 Å². The molecule has 1 aromatic carbocycles. The molecule has 0 saturated heterocycles. The number of rotatable bonds is 7. The normalized spacial score (nSPS) is 13.1. The third kappa shape index (κ3) is 4.44. The fourth-order valence-corrected chi connectivity index (χ4v) is 2.00. The molecule has 0 bridgehead atoms. The van der Waals surface area contributed by atoms with E-state index in [2.05, 4.69) is 5.32 Å². The van der Waals surface area contributed by atoms with Crippen LogP contribution in [0.15, 0.2) is 18.2 Å². The van der Waals surface area contributed by atoms with Crippen LogP contribution in [0.3, 0.4) is 0 Å². The summed E-state index contributed by atoms with van der Waals surface area (Å²) in [7, 11) is 2.67. The highest BCUT2D eigenvalue weighted by Crippen LogP contribution is 2.19. The van der Waals surface area contributed by atoms with Crippen LogP contribution >= 0.6 is 0 Å². The van der Waals surface area contributed by atoms with Gasteiger partial charge in [-0.3, -0.25) is 4.79 Å². The number of methoxy groups -OCH3 is 2. The highest BCUT2D eigenvalue weighted by Gasteiger charge is 2.33. The molecule has 1 N–H and O–H groups in total. The molecule has 1 amide bonds. The fourth-order valence-electron chi connectivity index (χ4n) is 2.00. The molecular weight excluding hydrogens is 289 g/mol. The average Bonchev–Trinajstić information content (AvgIpc) is 2.52. The lowest BCUT2D eigenvalue weighted by Crippen LogP contribution is -2.52. The van der Waals surface area contributed by atoms with E-state index < -0.39 is 17.3 Å². The number of aryl methyl sites for hydroxylation is 1. The third-order valence-corrected chi connectivity index (χ3v) is 3.62. The number of amides is 1. The van der Waals surface area contributed by atoms with Crippen molar-refractivity contribution in [3.8, 4) is 5.75 Å². The van der Waals surface area contributed by atoms with E-state index in [9.17, 15) is 14.0 Å². The maximum Gasteiger partial charge on any atom is 0.331 e. The Kier molecular flexibility index (Phi) is 6.34. The summed E-state index contributed by atoms with van der Waals surface area (Å²) in [4.78, 5) is 23.7. The van der Waals surface area contributed by atoms with Crippen molar-refractivity contribution in [2.24, 2.45) is 0 Å². The second kappa shape index (κ2) is 7.77. The topological polar surface area (TPSA) is 64.6 Å². The summed E-state index contributed by atoms with van der Waals surface area (Å²) in [6.07, 6.45) is 0.939. The standard InChI is InChI=1S/C16H22FNO4/c1-5-16(2,15(20)22-4)18-14(19)9-7-11-6-8-13(21-3)12(17)10-11/h6,8,10H,5,7,9H2,1-4H3,(H,18,19). The molecule has 22 heavy (non-hydrogen) atoms. The zero-order chi connectivity index (χ0) is 16.8. The van der Waals surface area contributed by atoms with Gasteiger partial charge in [0, 0.05) is 6.42 Å². The van der Waals surface area contributed by atoms with Crippen molar-refractivity contribution >= 4 is 11.9 Å². The van der Waals surface area contributed by atoms with E-state index in [0.717, 1.165) is 0 Å². The summed E-state index contributed by atoms with van der Waals surface area (Å²) in [6.45, 7) is 3.40. The minimum atomic E-state index is -1.04. The number of ether oxygens (including phenoxy) is 2. The molecule has 0 aromatic heterocycles. The van der Waals surface area contributed by atoms with Crippen molar-refractivity contribution in [3.05, 3.63) is 29.6 Å². The molecule has 0 aliphatic carbocycles. The molecular formula is C16H22FNO4. The van der Waals surface area contributed by atoms with E-state index in [-0.39, 0.29) is 18.1 Å². The Bertz CT molecular complexity index is 547. The maximum atomic E-state index is 13.6. The van der Waals surface area contributed by atoms with Gasteiger partial charge in [-0.1, -0.05) is 13.0 Å². The van der Waals surface area contributed by atoms with Crippen LogP contribution in [-0.4, -0.2) is 31.6 Å². The number of nitrogens with one attached hydrogen (secondary N) is 1. The van der Waals surface area contributed by atoms with E-state index >= 15 is 0 Å². The van der Waals surface area contributed by atoms with Gasteiger partial charge in [0.25, 0.3) is 0 Å². The van der Waals surface area contributed by atoms with Gasteiger partial charge in [-0.05, 0) is 37.5 Å². The van der Waals surface area contributed by atoms with E-state index in [0.29, 0.717) is 18.4 Å². The fraction of sp³-hybridized carbons (Fsp3) is 0.500. The number of halogens is 1. The maximum absolute atomic E-state index is 13.6. The smallest absolute Gasteiger partial charge is 0.331 e. The van der Waals surface area contributed by atoms with Gasteiger partial charge in [0.05, 0.1) is 14.2 Å². The molecule has 0 aliphatic heterocycles. The average molecular weight is 311 g/mol. The molecule has 0 heterocycles. The monoisotopic (exact) mass is 311 g/mol. The van der Waals surface area contributed by atoms with Gasteiger partial charge in [0.15, 0.2) is 11.6 Å². The number of esters is 1. The summed E-state index contributed by atoms with van der Waals surface area (Å²) >= 11 is 0. The van der Waals surface area contributed by atoms with Crippen molar-refractivity contribution < 1.29 is 23.5 Å². The Morgan fingerprint density at radius 2 is 2.00 bits per heavy atom. The van der Waals surface area contributed by atoms with Gasteiger partial charge < -0.3 is 14.8 Å². The van der Waals surface area contributed by atoms with Gasteiger partial charge in [-0.2, -0.15) is 0 Å². The highest BCUT2D eigenvalue weighted by molar-refractivity contribution is 5.87. The SMILES string of the molecule is CCC(C)(NC(=O)CCc1ccc(OC)c(F)c1)C(=O)OC. The zero-order valence-electron chi connectivity index (χ0n) is 13.4. The van der Waals surface area contributed by atoms with Crippen LogP contribution in [0.2, 0.25) is 0 Å². The molecule has 0 spiro atoms. The van der Waals surface area contributed by atoms with Crippen LogP contribution in [0.25, 0.3) is 0 Å². The Balaban J connectivity index is 2.62.